The van der Waals surface area contributed by atoms with Crippen molar-refractivity contribution in [3.63, 3.8) is 0 Å². The van der Waals surface area contributed by atoms with E-state index in [1.54, 1.807) is 0 Å². The van der Waals surface area contributed by atoms with Gasteiger partial charge in [-0.2, -0.15) is 0 Å². The molecule has 0 aromatic heterocycles. The molecule has 98 valence electrons. The molecule has 1 aromatic rings. The summed E-state index contributed by atoms with van der Waals surface area (Å²) in [5, 5.41) is 3.37. The number of hydrogen-bond acceptors (Lipinski definition) is 2. The van der Waals surface area contributed by atoms with Crippen LogP contribution in [0.1, 0.15) is 37.8 Å². The molecule has 1 aromatic carbocycles. The Labute approximate surface area is 109 Å². The number of benzene rings is 1. The van der Waals surface area contributed by atoms with Crippen molar-refractivity contribution in [1.29, 1.82) is 0 Å². The van der Waals surface area contributed by atoms with E-state index in [0.717, 1.165) is 44.5 Å². The predicted octanol–water partition coefficient (Wildman–Crippen LogP) is 2.35. The van der Waals surface area contributed by atoms with Crippen LogP contribution < -0.4 is 5.32 Å². The molecule has 3 heteroatoms. The second-order valence-electron chi connectivity index (χ2n) is 4.83. The van der Waals surface area contributed by atoms with Crippen molar-refractivity contribution < 1.29 is 4.79 Å². The fourth-order valence-electron chi connectivity index (χ4n) is 2.40. The van der Waals surface area contributed by atoms with Crippen molar-refractivity contribution in [2.45, 2.75) is 32.2 Å². The SMILES string of the molecule is CCCNC(C(=O)N1CCCC1)c1ccccc1. The minimum absolute atomic E-state index is 0.177. The molecule has 1 unspecified atom stereocenters. The molecule has 1 aliphatic rings. The van der Waals surface area contributed by atoms with Crippen LogP contribution in [-0.2, 0) is 4.79 Å². The summed E-state index contributed by atoms with van der Waals surface area (Å²) in [4.78, 5) is 14.5. The number of carbonyl (C=O) groups is 1. The summed E-state index contributed by atoms with van der Waals surface area (Å²) in [6, 6.07) is 9.85. The largest absolute Gasteiger partial charge is 0.341 e. The zero-order chi connectivity index (χ0) is 12.8. The van der Waals surface area contributed by atoms with Crippen LogP contribution in [0.2, 0.25) is 0 Å². The summed E-state index contributed by atoms with van der Waals surface area (Å²) >= 11 is 0. The van der Waals surface area contributed by atoms with Gasteiger partial charge >= 0.3 is 0 Å². The Morgan fingerprint density at radius 2 is 1.94 bits per heavy atom. The minimum Gasteiger partial charge on any atom is -0.341 e. The number of likely N-dealkylation sites (tertiary alicyclic amines) is 1. The van der Waals surface area contributed by atoms with Crippen LogP contribution in [-0.4, -0.2) is 30.4 Å². The predicted molar refractivity (Wildman–Crippen MR) is 73.3 cm³/mol. The molecule has 0 aliphatic carbocycles. The van der Waals surface area contributed by atoms with E-state index < -0.39 is 0 Å². The van der Waals surface area contributed by atoms with E-state index >= 15 is 0 Å². The van der Waals surface area contributed by atoms with Gasteiger partial charge in [-0.25, -0.2) is 0 Å². The molecular formula is C15H22N2O. The molecule has 1 heterocycles. The van der Waals surface area contributed by atoms with Gasteiger partial charge in [-0.3, -0.25) is 4.79 Å². The van der Waals surface area contributed by atoms with E-state index in [1.807, 2.05) is 35.2 Å². The molecule has 1 N–H and O–H groups in total. The molecule has 1 atom stereocenters. The third-order valence-corrected chi connectivity index (χ3v) is 3.40. The lowest BCUT2D eigenvalue weighted by Gasteiger charge is -2.24. The van der Waals surface area contributed by atoms with Gasteiger partial charge in [0.2, 0.25) is 5.91 Å². The van der Waals surface area contributed by atoms with Crippen LogP contribution in [0.3, 0.4) is 0 Å². The second kappa shape index (κ2) is 6.55. The van der Waals surface area contributed by atoms with Gasteiger partial charge in [-0.15, -0.1) is 0 Å². The molecule has 0 radical (unpaired) electrons. The van der Waals surface area contributed by atoms with Gasteiger partial charge in [0, 0.05) is 13.1 Å². The molecule has 1 saturated heterocycles. The highest BCUT2D eigenvalue weighted by atomic mass is 16.2. The fourth-order valence-corrected chi connectivity index (χ4v) is 2.40. The Hall–Kier alpha value is -1.35. The minimum atomic E-state index is -0.177. The summed E-state index contributed by atoms with van der Waals surface area (Å²) in [6.07, 6.45) is 3.32. The zero-order valence-electron chi connectivity index (χ0n) is 11.1. The molecule has 0 spiro atoms. The Morgan fingerprint density at radius 3 is 2.56 bits per heavy atom. The van der Waals surface area contributed by atoms with Gasteiger partial charge in [0.1, 0.15) is 6.04 Å². The molecule has 3 nitrogen and oxygen atoms in total. The van der Waals surface area contributed by atoms with Crippen molar-refractivity contribution >= 4 is 5.91 Å². The highest BCUT2D eigenvalue weighted by molar-refractivity contribution is 5.83. The van der Waals surface area contributed by atoms with Crippen LogP contribution in [0.25, 0.3) is 0 Å². The van der Waals surface area contributed by atoms with Crippen molar-refractivity contribution in [3.05, 3.63) is 35.9 Å². The maximum atomic E-state index is 12.5. The van der Waals surface area contributed by atoms with E-state index in [-0.39, 0.29) is 11.9 Å². The molecule has 1 aliphatic heterocycles. The molecule has 0 bridgehead atoms. The number of nitrogens with one attached hydrogen (secondary N) is 1. The third-order valence-electron chi connectivity index (χ3n) is 3.40. The van der Waals surface area contributed by atoms with Crippen molar-refractivity contribution in [2.75, 3.05) is 19.6 Å². The Bertz CT molecular complexity index is 371. The average Bonchev–Trinajstić information content (AvgIpc) is 2.94. The molecule has 1 fully saturated rings. The van der Waals surface area contributed by atoms with E-state index in [9.17, 15) is 4.79 Å². The van der Waals surface area contributed by atoms with Gasteiger partial charge in [0.15, 0.2) is 0 Å². The third kappa shape index (κ3) is 3.10. The lowest BCUT2D eigenvalue weighted by atomic mass is 10.1. The number of carbonyl (C=O) groups excluding carboxylic acids is 1. The maximum absolute atomic E-state index is 12.5. The number of hydrogen-bond donors (Lipinski definition) is 1. The van der Waals surface area contributed by atoms with Gasteiger partial charge in [0.25, 0.3) is 0 Å². The zero-order valence-corrected chi connectivity index (χ0v) is 11.1. The number of rotatable bonds is 5. The average molecular weight is 246 g/mol. The molecule has 0 saturated carbocycles. The van der Waals surface area contributed by atoms with E-state index in [4.69, 9.17) is 0 Å². The lowest BCUT2D eigenvalue weighted by molar-refractivity contribution is -0.132. The maximum Gasteiger partial charge on any atom is 0.244 e. The van der Waals surface area contributed by atoms with Crippen molar-refractivity contribution in [2.24, 2.45) is 0 Å². The van der Waals surface area contributed by atoms with Crippen LogP contribution >= 0.6 is 0 Å². The van der Waals surface area contributed by atoms with Crippen LogP contribution in [0, 0.1) is 0 Å². The topological polar surface area (TPSA) is 32.3 Å². The monoisotopic (exact) mass is 246 g/mol. The van der Waals surface area contributed by atoms with Gasteiger partial charge in [0.05, 0.1) is 0 Å². The van der Waals surface area contributed by atoms with E-state index in [0.29, 0.717) is 0 Å². The second-order valence-corrected chi connectivity index (χ2v) is 4.83. The van der Waals surface area contributed by atoms with Crippen LogP contribution in [0.5, 0.6) is 0 Å². The first-order valence-corrected chi connectivity index (χ1v) is 6.90. The van der Waals surface area contributed by atoms with Crippen molar-refractivity contribution in [3.8, 4) is 0 Å². The summed E-state index contributed by atoms with van der Waals surface area (Å²) in [5.74, 6) is 0.229. The van der Waals surface area contributed by atoms with Gasteiger partial charge < -0.3 is 10.2 Å². The Morgan fingerprint density at radius 1 is 1.28 bits per heavy atom. The number of nitrogens with zero attached hydrogens (tertiary/aromatic N) is 1. The molecule has 2 rings (SSSR count). The van der Waals surface area contributed by atoms with Crippen LogP contribution in [0.15, 0.2) is 30.3 Å². The Kier molecular flexibility index (Phi) is 4.76. The lowest BCUT2D eigenvalue weighted by Crippen LogP contribution is -2.39. The molecular weight excluding hydrogens is 224 g/mol. The number of amides is 1. The van der Waals surface area contributed by atoms with Gasteiger partial charge in [-0.1, -0.05) is 37.3 Å². The Balaban J connectivity index is 2.11. The first kappa shape index (κ1) is 13.1. The standard InChI is InChI=1S/C15H22N2O/c1-2-10-16-14(13-8-4-3-5-9-13)15(18)17-11-6-7-12-17/h3-5,8-9,14,16H,2,6-7,10-12H2,1H3. The highest BCUT2D eigenvalue weighted by Gasteiger charge is 2.26. The first-order valence-electron chi connectivity index (χ1n) is 6.90. The molecule has 1 amide bonds. The van der Waals surface area contributed by atoms with Gasteiger partial charge in [-0.05, 0) is 31.4 Å². The van der Waals surface area contributed by atoms with E-state index in [1.165, 1.54) is 0 Å². The quantitative estimate of drug-likeness (QED) is 0.865. The summed E-state index contributed by atoms with van der Waals surface area (Å²) in [6.45, 7) is 4.82. The highest BCUT2D eigenvalue weighted by Crippen LogP contribution is 2.19. The smallest absolute Gasteiger partial charge is 0.244 e. The molecule has 18 heavy (non-hydrogen) atoms. The van der Waals surface area contributed by atoms with E-state index in [2.05, 4.69) is 12.2 Å². The summed E-state index contributed by atoms with van der Waals surface area (Å²) < 4.78 is 0. The normalized spacial score (nSPS) is 16.8. The van der Waals surface area contributed by atoms with Crippen molar-refractivity contribution in [1.82, 2.24) is 10.2 Å². The summed E-state index contributed by atoms with van der Waals surface area (Å²) in [5.41, 5.74) is 1.07. The first-order chi connectivity index (χ1) is 8.83. The summed E-state index contributed by atoms with van der Waals surface area (Å²) in [7, 11) is 0. The van der Waals surface area contributed by atoms with Crippen LogP contribution in [0.4, 0.5) is 0 Å². The fraction of sp³-hybridized carbons (Fsp3) is 0.533.